The Hall–Kier alpha value is -2.69. The van der Waals surface area contributed by atoms with Gasteiger partial charge in [-0.15, -0.1) is 0 Å². The molecular formula is C18H19FN2O2. The lowest BCUT2D eigenvalue weighted by Crippen LogP contribution is -2.27. The Kier molecular flexibility index (Phi) is 5.46. The molecule has 0 bridgehead atoms. The summed E-state index contributed by atoms with van der Waals surface area (Å²) < 4.78 is 13.7. The summed E-state index contributed by atoms with van der Waals surface area (Å²) in [5, 5.41) is 5.46. The highest BCUT2D eigenvalue weighted by Crippen LogP contribution is 2.16. The maximum Gasteiger partial charge on any atom is 0.251 e. The van der Waals surface area contributed by atoms with Crippen LogP contribution in [0.3, 0.4) is 0 Å². The quantitative estimate of drug-likeness (QED) is 0.891. The first-order valence-electron chi connectivity index (χ1n) is 7.36. The number of carbonyl (C=O) groups excluding carboxylic acids is 2. The second kappa shape index (κ2) is 7.54. The lowest BCUT2D eigenvalue weighted by molar-refractivity contribution is -0.119. The Morgan fingerprint density at radius 1 is 1.09 bits per heavy atom. The molecule has 23 heavy (non-hydrogen) atoms. The third-order valence-corrected chi connectivity index (χ3v) is 3.48. The molecule has 2 aromatic rings. The largest absolute Gasteiger partial charge is 0.352 e. The van der Waals surface area contributed by atoms with Gasteiger partial charge in [-0.2, -0.15) is 0 Å². The monoisotopic (exact) mass is 314 g/mol. The van der Waals surface area contributed by atoms with Crippen LogP contribution in [0.5, 0.6) is 0 Å². The van der Waals surface area contributed by atoms with Crippen molar-refractivity contribution in [1.29, 1.82) is 0 Å². The summed E-state index contributed by atoms with van der Waals surface area (Å²) in [7, 11) is 0. The fraction of sp³-hybridized carbons (Fsp3) is 0.222. The van der Waals surface area contributed by atoms with Crippen LogP contribution >= 0.6 is 0 Å². The van der Waals surface area contributed by atoms with Gasteiger partial charge in [0.25, 0.3) is 5.91 Å². The number of hydrogen-bond donors (Lipinski definition) is 2. The van der Waals surface area contributed by atoms with Gasteiger partial charge < -0.3 is 10.6 Å². The normalized spacial score (nSPS) is 11.6. The molecule has 2 amide bonds. The maximum atomic E-state index is 13.7. The van der Waals surface area contributed by atoms with E-state index in [-0.39, 0.29) is 17.6 Å². The van der Waals surface area contributed by atoms with Crippen LogP contribution in [0.4, 0.5) is 4.39 Å². The molecule has 1 unspecified atom stereocenters. The molecule has 2 aromatic carbocycles. The summed E-state index contributed by atoms with van der Waals surface area (Å²) in [6.07, 6.45) is 0. The zero-order chi connectivity index (χ0) is 16.8. The zero-order valence-electron chi connectivity index (χ0n) is 13.1. The average Bonchev–Trinajstić information content (AvgIpc) is 2.53. The molecule has 0 saturated heterocycles. The third kappa shape index (κ3) is 4.64. The van der Waals surface area contributed by atoms with Crippen molar-refractivity contribution in [3.8, 4) is 0 Å². The molecule has 0 radical (unpaired) electrons. The summed E-state index contributed by atoms with van der Waals surface area (Å²) in [6, 6.07) is 12.9. The van der Waals surface area contributed by atoms with Gasteiger partial charge in [-0.3, -0.25) is 9.59 Å². The van der Waals surface area contributed by atoms with Gasteiger partial charge in [0.1, 0.15) is 5.82 Å². The number of benzene rings is 2. The molecule has 0 aliphatic heterocycles. The van der Waals surface area contributed by atoms with Gasteiger partial charge in [-0.1, -0.05) is 30.3 Å². The number of nitrogens with one attached hydrogen (secondary N) is 2. The molecule has 0 fully saturated rings. The molecule has 2 N–H and O–H groups in total. The number of rotatable bonds is 5. The van der Waals surface area contributed by atoms with Crippen LogP contribution in [0.15, 0.2) is 48.5 Å². The Morgan fingerprint density at radius 3 is 2.35 bits per heavy atom. The molecule has 0 aliphatic rings. The van der Waals surface area contributed by atoms with E-state index in [2.05, 4.69) is 10.6 Å². The van der Waals surface area contributed by atoms with Gasteiger partial charge in [0.15, 0.2) is 0 Å². The van der Waals surface area contributed by atoms with Gasteiger partial charge in [-0.05, 0) is 30.7 Å². The summed E-state index contributed by atoms with van der Waals surface area (Å²) in [4.78, 5) is 23.1. The van der Waals surface area contributed by atoms with E-state index < -0.39 is 6.04 Å². The van der Waals surface area contributed by atoms with E-state index in [0.29, 0.717) is 17.7 Å². The summed E-state index contributed by atoms with van der Waals surface area (Å²) in [5.74, 6) is -0.719. The Labute approximate surface area is 134 Å². The molecule has 0 aromatic heterocycles. The first-order chi connectivity index (χ1) is 11.0. The Bertz CT molecular complexity index is 698. The van der Waals surface area contributed by atoms with Crippen molar-refractivity contribution in [1.82, 2.24) is 10.6 Å². The minimum atomic E-state index is -0.428. The molecule has 2 rings (SSSR count). The topological polar surface area (TPSA) is 58.2 Å². The van der Waals surface area contributed by atoms with Gasteiger partial charge >= 0.3 is 0 Å². The molecule has 5 heteroatoms. The Balaban J connectivity index is 2.00. The molecule has 0 aliphatic carbocycles. The molecule has 1 atom stereocenters. The van der Waals surface area contributed by atoms with Crippen LogP contribution in [0, 0.1) is 5.82 Å². The molecule has 120 valence electrons. The fourth-order valence-electron chi connectivity index (χ4n) is 2.18. The second-order valence-corrected chi connectivity index (χ2v) is 5.32. The van der Waals surface area contributed by atoms with Crippen LogP contribution in [0.2, 0.25) is 0 Å². The van der Waals surface area contributed by atoms with E-state index in [1.54, 1.807) is 49.4 Å². The van der Waals surface area contributed by atoms with Gasteiger partial charge in [0.05, 0.1) is 6.04 Å². The number of amides is 2. The van der Waals surface area contributed by atoms with Crippen molar-refractivity contribution >= 4 is 11.8 Å². The van der Waals surface area contributed by atoms with E-state index in [9.17, 15) is 14.0 Å². The highest BCUT2D eigenvalue weighted by Gasteiger charge is 2.14. The van der Waals surface area contributed by atoms with Crippen molar-refractivity contribution in [2.24, 2.45) is 0 Å². The summed E-state index contributed by atoms with van der Waals surface area (Å²) in [6.45, 7) is 3.61. The lowest BCUT2D eigenvalue weighted by atomic mass is 10.1. The highest BCUT2D eigenvalue weighted by molar-refractivity contribution is 5.94. The molecule has 0 saturated carbocycles. The highest BCUT2D eigenvalue weighted by atomic mass is 19.1. The van der Waals surface area contributed by atoms with Crippen LogP contribution in [0.25, 0.3) is 0 Å². The number of hydrogen-bond acceptors (Lipinski definition) is 2. The average molecular weight is 314 g/mol. The summed E-state index contributed by atoms with van der Waals surface area (Å²) in [5.41, 5.74) is 1.83. The standard InChI is InChI=1S/C18H19FN2O2/c1-12(16-5-3-4-6-17(16)19)21-18(23)15-9-7-14(8-10-15)11-20-13(2)22/h3-10,12H,11H2,1-2H3,(H,20,22)(H,21,23). The SMILES string of the molecule is CC(=O)NCc1ccc(C(=O)NC(C)c2ccccc2F)cc1. The van der Waals surface area contributed by atoms with Crippen molar-refractivity contribution < 1.29 is 14.0 Å². The van der Waals surface area contributed by atoms with Gasteiger partial charge in [0, 0.05) is 24.6 Å². The molecule has 0 heterocycles. The van der Waals surface area contributed by atoms with E-state index in [1.165, 1.54) is 13.0 Å². The van der Waals surface area contributed by atoms with Gasteiger partial charge in [-0.25, -0.2) is 4.39 Å². The number of carbonyl (C=O) groups is 2. The van der Waals surface area contributed by atoms with Gasteiger partial charge in [0.2, 0.25) is 5.91 Å². The second-order valence-electron chi connectivity index (χ2n) is 5.32. The number of halogens is 1. The summed E-state index contributed by atoms with van der Waals surface area (Å²) >= 11 is 0. The lowest BCUT2D eigenvalue weighted by Gasteiger charge is -2.15. The minimum Gasteiger partial charge on any atom is -0.352 e. The zero-order valence-corrected chi connectivity index (χ0v) is 13.1. The first-order valence-corrected chi connectivity index (χ1v) is 7.36. The van der Waals surface area contributed by atoms with E-state index in [1.807, 2.05) is 0 Å². The predicted molar refractivity (Wildman–Crippen MR) is 86.2 cm³/mol. The van der Waals surface area contributed by atoms with Crippen LogP contribution < -0.4 is 10.6 Å². The third-order valence-electron chi connectivity index (χ3n) is 3.48. The van der Waals surface area contributed by atoms with Crippen molar-refractivity contribution in [3.63, 3.8) is 0 Å². The van der Waals surface area contributed by atoms with Crippen molar-refractivity contribution in [3.05, 3.63) is 71.0 Å². The van der Waals surface area contributed by atoms with Crippen molar-refractivity contribution in [2.75, 3.05) is 0 Å². The smallest absolute Gasteiger partial charge is 0.251 e. The van der Waals surface area contributed by atoms with Crippen LogP contribution in [0.1, 0.15) is 41.4 Å². The van der Waals surface area contributed by atoms with Crippen LogP contribution in [-0.2, 0) is 11.3 Å². The minimum absolute atomic E-state index is 0.106. The van der Waals surface area contributed by atoms with E-state index in [0.717, 1.165) is 5.56 Å². The van der Waals surface area contributed by atoms with E-state index in [4.69, 9.17) is 0 Å². The molecule has 0 spiro atoms. The predicted octanol–water partition coefficient (Wildman–Crippen LogP) is 2.95. The Morgan fingerprint density at radius 2 is 1.74 bits per heavy atom. The van der Waals surface area contributed by atoms with Crippen LogP contribution in [-0.4, -0.2) is 11.8 Å². The van der Waals surface area contributed by atoms with Crippen molar-refractivity contribution in [2.45, 2.75) is 26.4 Å². The maximum absolute atomic E-state index is 13.7. The molecular weight excluding hydrogens is 295 g/mol. The first kappa shape index (κ1) is 16.7. The van der Waals surface area contributed by atoms with E-state index >= 15 is 0 Å². The molecule has 4 nitrogen and oxygen atoms in total. The fourth-order valence-corrected chi connectivity index (χ4v) is 2.18.